The number of aliphatic hydroxyl groups is 2. The van der Waals surface area contributed by atoms with Crippen molar-refractivity contribution in [1.82, 2.24) is 5.32 Å². The van der Waals surface area contributed by atoms with Crippen molar-refractivity contribution >= 4 is 11.9 Å². The predicted octanol–water partition coefficient (Wildman–Crippen LogP) is 12.9. The van der Waals surface area contributed by atoms with E-state index in [9.17, 15) is 19.8 Å². The second-order valence-corrected chi connectivity index (χ2v) is 15.4. The van der Waals surface area contributed by atoms with Gasteiger partial charge in [0.25, 0.3) is 0 Å². The monoisotopic (exact) mass is 746 g/mol. The van der Waals surface area contributed by atoms with E-state index >= 15 is 0 Å². The van der Waals surface area contributed by atoms with Crippen molar-refractivity contribution < 1.29 is 24.5 Å². The molecule has 0 aromatic heterocycles. The number of carbonyl (C=O) groups excluding carboxylic acids is 2. The molecule has 0 aliphatic carbocycles. The highest BCUT2D eigenvalue weighted by Gasteiger charge is 2.24. The van der Waals surface area contributed by atoms with E-state index in [-0.39, 0.29) is 24.9 Å². The molecule has 0 saturated carbocycles. The SMILES string of the molecule is CC/C=C/C/C=C/CCCCCCCCCC(=O)OC(CCCCC/C=C\CCCC)CC(=O)NC(CO)C(O)CCCCCCCCCCCCC. The van der Waals surface area contributed by atoms with Crippen molar-refractivity contribution in [2.45, 2.75) is 244 Å². The molecule has 0 aromatic rings. The Bertz CT molecular complexity index is 884. The number of hydrogen-bond acceptors (Lipinski definition) is 5. The Kier molecular flexibility index (Phi) is 39.8. The highest BCUT2D eigenvalue weighted by Crippen LogP contribution is 2.17. The molecule has 0 bridgehead atoms. The molecule has 3 unspecified atom stereocenters. The van der Waals surface area contributed by atoms with Gasteiger partial charge in [-0.25, -0.2) is 0 Å². The fraction of sp³-hybridized carbons (Fsp3) is 0.830. The maximum Gasteiger partial charge on any atom is 0.306 e. The Morgan fingerprint density at radius 1 is 0.566 bits per heavy atom. The Hall–Kier alpha value is -1.92. The summed E-state index contributed by atoms with van der Waals surface area (Å²) in [7, 11) is 0. The second-order valence-electron chi connectivity index (χ2n) is 15.4. The third-order valence-electron chi connectivity index (χ3n) is 10.2. The number of aliphatic hydroxyl groups excluding tert-OH is 2. The lowest BCUT2D eigenvalue weighted by Gasteiger charge is -2.24. The van der Waals surface area contributed by atoms with E-state index in [0.29, 0.717) is 19.3 Å². The third-order valence-corrected chi connectivity index (χ3v) is 10.2. The Morgan fingerprint density at radius 3 is 1.62 bits per heavy atom. The number of esters is 1. The molecule has 3 N–H and O–H groups in total. The minimum atomic E-state index is -0.788. The molecule has 0 rings (SSSR count). The molecule has 0 fully saturated rings. The Morgan fingerprint density at radius 2 is 1.04 bits per heavy atom. The van der Waals surface area contributed by atoms with Gasteiger partial charge in [-0.1, -0.05) is 179 Å². The first kappa shape index (κ1) is 51.1. The zero-order valence-corrected chi connectivity index (χ0v) is 35.1. The minimum Gasteiger partial charge on any atom is -0.462 e. The van der Waals surface area contributed by atoms with Gasteiger partial charge in [0.05, 0.1) is 25.2 Å². The van der Waals surface area contributed by atoms with E-state index < -0.39 is 18.2 Å². The van der Waals surface area contributed by atoms with Crippen molar-refractivity contribution in [2.24, 2.45) is 0 Å². The summed E-state index contributed by atoms with van der Waals surface area (Å²) < 4.78 is 5.88. The van der Waals surface area contributed by atoms with Crippen LogP contribution in [0.15, 0.2) is 36.5 Å². The zero-order chi connectivity index (χ0) is 38.9. The van der Waals surface area contributed by atoms with Crippen LogP contribution in [-0.4, -0.2) is 46.9 Å². The summed E-state index contributed by atoms with van der Waals surface area (Å²) >= 11 is 0. The number of nitrogens with one attached hydrogen (secondary N) is 1. The van der Waals surface area contributed by atoms with Crippen LogP contribution in [0.3, 0.4) is 0 Å². The average Bonchev–Trinajstić information content (AvgIpc) is 3.15. The van der Waals surface area contributed by atoms with E-state index in [2.05, 4.69) is 62.5 Å². The molecule has 0 aromatic carbocycles. The standard InChI is InChI=1S/C47H87NO5/c1-4-7-10-13-16-19-21-22-23-25-28-31-34-37-40-47(52)53-43(38-35-32-29-26-18-15-12-9-6-3)41-46(51)48-44(42-49)45(50)39-36-33-30-27-24-20-17-14-11-8-5-2/h7,10,15-16,18-19,43-45,49-50H,4-6,8-9,11-14,17,20-42H2,1-3H3,(H,48,51)/b10-7+,18-15-,19-16+. The van der Waals surface area contributed by atoms with Crippen molar-refractivity contribution in [2.75, 3.05) is 6.61 Å². The van der Waals surface area contributed by atoms with E-state index in [1.165, 1.54) is 89.9 Å². The molecule has 0 radical (unpaired) electrons. The normalized spacial score (nSPS) is 13.7. The van der Waals surface area contributed by atoms with Crippen LogP contribution in [0.5, 0.6) is 0 Å². The first-order valence-electron chi connectivity index (χ1n) is 22.7. The first-order valence-corrected chi connectivity index (χ1v) is 22.7. The molecule has 3 atom stereocenters. The summed E-state index contributed by atoms with van der Waals surface area (Å²) in [6.45, 7) is 6.31. The van der Waals surface area contributed by atoms with Crippen LogP contribution in [0.4, 0.5) is 0 Å². The van der Waals surface area contributed by atoms with Gasteiger partial charge in [0.1, 0.15) is 6.10 Å². The molecule has 1 amide bonds. The molecule has 0 aliphatic heterocycles. The van der Waals surface area contributed by atoms with Crippen LogP contribution in [-0.2, 0) is 14.3 Å². The fourth-order valence-corrected chi connectivity index (χ4v) is 6.74. The van der Waals surface area contributed by atoms with Gasteiger partial charge in [-0.2, -0.15) is 0 Å². The number of amides is 1. The summed E-state index contributed by atoms with van der Waals surface area (Å²) in [4.78, 5) is 25.9. The summed E-state index contributed by atoms with van der Waals surface area (Å²) in [5.41, 5.74) is 0. The number of unbranched alkanes of at least 4 members (excludes halogenated alkanes) is 22. The van der Waals surface area contributed by atoms with Gasteiger partial charge in [0, 0.05) is 6.42 Å². The summed E-state index contributed by atoms with van der Waals surface area (Å²) in [5, 5.41) is 23.6. The molecule has 310 valence electrons. The van der Waals surface area contributed by atoms with E-state index in [4.69, 9.17) is 4.74 Å². The van der Waals surface area contributed by atoms with Crippen molar-refractivity contribution in [1.29, 1.82) is 0 Å². The number of rotatable bonds is 40. The van der Waals surface area contributed by atoms with Crippen molar-refractivity contribution in [3.63, 3.8) is 0 Å². The molecular weight excluding hydrogens is 659 g/mol. The highest BCUT2D eigenvalue weighted by atomic mass is 16.5. The smallest absolute Gasteiger partial charge is 0.306 e. The molecule has 0 aliphatic rings. The molecule has 6 nitrogen and oxygen atoms in total. The van der Waals surface area contributed by atoms with Crippen LogP contribution < -0.4 is 5.32 Å². The largest absolute Gasteiger partial charge is 0.462 e. The van der Waals surface area contributed by atoms with Gasteiger partial charge in [-0.15, -0.1) is 0 Å². The van der Waals surface area contributed by atoms with Gasteiger partial charge >= 0.3 is 5.97 Å². The predicted molar refractivity (Wildman–Crippen MR) is 227 cm³/mol. The first-order chi connectivity index (χ1) is 26.0. The number of hydrogen-bond donors (Lipinski definition) is 3. The Balaban J connectivity index is 4.54. The van der Waals surface area contributed by atoms with Crippen LogP contribution in [0.25, 0.3) is 0 Å². The highest BCUT2D eigenvalue weighted by molar-refractivity contribution is 5.77. The molecule has 53 heavy (non-hydrogen) atoms. The summed E-state index contributed by atoms with van der Waals surface area (Å²) in [5.74, 6) is -0.500. The van der Waals surface area contributed by atoms with Gasteiger partial charge in [0.15, 0.2) is 0 Å². The maximum atomic E-state index is 13.1. The number of ether oxygens (including phenoxy) is 1. The van der Waals surface area contributed by atoms with E-state index in [1.54, 1.807) is 0 Å². The van der Waals surface area contributed by atoms with Gasteiger partial charge in [-0.3, -0.25) is 9.59 Å². The number of carbonyl (C=O) groups is 2. The number of allylic oxidation sites excluding steroid dienone is 6. The van der Waals surface area contributed by atoms with Gasteiger partial charge in [-0.05, 0) is 70.6 Å². The van der Waals surface area contributed by atoms with Crippen LogP contribution >= 0.6 is 0 Å². The maximum absolute atomic E-state index is 13.1. The minimum absolute atomic E-state index is 0.0644. The summed E-state index contributed by atoms with van der Waals surface area (Å²) in [6, 6.07) is -0.703. The quantitative estimate of drug-likeness (QED) is 0.0330. The van der Waals surface area contributed by atoms with Crippen molar-refractivity contribution in [3.8, 4) is 0 Å². The lowest BCUT2D eigenvalue weighted by atomic mass is 10.0. The zero-order valence-electron chi connectivity index (χ0n) is 35.1. The molecule has 0 heterocycles. The van der Waals surface area contributed by atoms with Crippen molar-refractivity contribution in [3.05, 3.63) is 36.5 Å². The molecule has 0 spiro atoms. The van der Waals surface area contributed by atoms with Crippen LogP contribution in [0.1, 0.15) is 226 Å². The van der Waals surface area contributed by atoms with Crippen LogP contribution in [0, 0.1) is 0 Å². The van der Waals surface area contributed by atoms with Crippen LogP contribution in [0.2, 0.25) is 0 Å². The molecule has 0 saturated heterocycles. The lowest BCUT2D eigenvalue weighted by Crippen LogP contribution is -2.46. The third kappa shape index (κ3) is 36.8. The summed E-state index contributed by atoms with van der Waals surface area (Å²) in [6.07, 6.45) is 46.4. The molecular formula is C47H87NO5. The lowest BCUT2D eigenvalue weighted by molar-refractivity contribution is -0.151. The second kappa shape index (κ2) is 41.2. The van der Waals surface area contributed by atoms with E-state index in [0.717, 1.165) is 89.9 Å². The average molecular weight is 746 g/mol. The van der Waals surface area contributed by atoms with E-state index in [1.807, 2.05) is 0 Å². The topological polar surface area (TPSA) is 95.9 Å². The van der Waals surface area contributed by atoms with Gasteiger partial charge < -0.3 is 20.3 Å². The fourth-order valence-electron chi connectivity index (χ4n) is 6.74. The van der Waals surface area contributed by atoms with Gasteiger partial charge in [0.2, 0.25) is 5.91 Å². The molecule has 6 heteroatoms. The Labute approximate surface area is 328 Å².